The molecule has 8 heteroatoms. The molecule has 0 spiro atoms. The van der Waals surface area contributed by atoms with Crippen molar-refractivity contribution in [2.75, 3.05) is 11.9 Å². The number of alkyl halides is 1. The molecule has 1 saturated heterocycles. The van der Waals surface area contributed by atoms with Crippen LogP contribution in [0.4, 0.5) is 0 Å². The van der Waals surface area contributed by atoms with Gasteiger partial charge in [-0.25, -0.2) is 0 Å². The highest BCUT2D eigenvalue weighted by molar-refractivity contribution is 9.09. The largest absolute Gasteiger partial charge is 0.394 e. The van der Waals surface area contributed by atoms with Crippen LogP contribution < -0.4 is 5.32 Å². The van der Waals surface area contributed by atoms with E-state index in [4.69, 9.17) is 9.84 Å². The number of carbonyl (C=O) groups is 1. The lowest BCUT2D eigenvalue weighted by atomic mass is 9.98. The molecule has 7 nitrogen and oxygen atoms in total. The van der Waals surface area contributed by atoms with Crippen molar-refractivity contribution in [1.29, 1.82) is 0 Å². The van der Waals surface area contributed by atoms with Crippen LogP contribution in [0.25, 0.3) is 0 Å². The maximum Gasteiger partial charge on any atom is 0.232 e. The van der Waals surface area contributed by atoms with Crippen molar-refractivity contribution in [3.63, 3.8) is 0 Å². The van der Waals surface area contributed by atoms with Crippen molar-refractivity contribution in [1.82, 2.24) is 5.32 Å². The highest BCUT2D eigenvalue weighted by atomic mass is 79.9. The Balaban J connectivity index is 2.67. The first-order valence-electron chi connectivity index (χ1n) is 4.67. The summed E-state index contributed by atoms with van der Waals surface area (Å²) in [5, 5.41) is 39.6. The van der Waals surface area contributed by atoms with E-state index in [0.717, 1.165) is 0 Å². The fraction of sp³-hybridized carbons (Fsp3) is 0.875. The molecular formula is C8H14BrNO6. The zero-order valence-electron chi connectivity index (χ0n) is 8.28. The van der Waals surface area contributed by atoms with Crippen molar-refractivity contribution in [2.24, 2.45) is 0 Å². The van der Waals surface area contributed by atoms with Gasteiger partial charge >= 0.3 is 0 Å². The minimum absolute atomic E-state index is 0.0159. The number of ether oxygens (including phenoxy) is 1. The van der Waals surface area contributed by atoms with Gasteiger partial charge in [-0.05, 0) is 0 Å². The molecule has 1 aliphatic rings. The van der Waals surface area contributed by atoms with Gasteiger partial charge in [0, 0.05) is 0 Å². The van der Waals surface area contributed by atoms with Crippen LogP contribution in [0.5, 0.6) is 0 Å². The topological polar surface area (TPSA) is 119 Å². The van der Waals surface area contributed by atoms with E-state index in [2.05, 4.69) is 21.2 Å². The molecule has 1 heterocycles. The number of aliphatic hydroxyl groups is 4. The second-order valence-corrected chi connectivity index (χ2v) is 4.01. The van der Waals surface area contributed by atoms with E-state index in [1.807, 2.05) is 0 Å². The third kappa shape index (κ3) is 2.90. The highest BCUT2D eigenvalue weighted by Crippen LogP contribution is 2.19. The van der Waals surface area contributed by atoms with Crippen LogP contribution in [0.3, 0.4) is 0 Å². The van der Waals surface area contributed by atoms with Gasteiger partial charge in [-0.1, -0.05) is 15.9 Å². The third-order valence-electron chi connectivity index (χ3n) is 2.32. The number of halogens is 1. The first kappa shape index (κ1) is 13.8. The number of nitrogens with one attached hydrogen (secondary N) is 1. The first-order chi connectivity index (χ1) is 7.51. The molecule has 0 aromatic rings. The van der Waals surface area contributed by atoms with Crippen molar-refractivity contribution in [3.05, 3.63) is 0 Å². The molecule has 16 heavy (non-hydrogen) atoms. The fourth-order valence-electron chi connectivity index (χ4n) is 1.42. The van der Waals surface area contributed by atoms with Crippen molar-refractivity contribution in [3.8, 4) is 0 Å². The average molecular weight is 300 g/mol. The zero-order chi connectivity index (χ0) is 12.3. The van der Waals surface area contributed by atoms with Gasteiger partial charge in [-0.2, -0.15) is 0 Å². The lowest BCUT2D eigenvalue weighted by molar-refractivity contribution is -0.235. The van der Waals surface area contributed by atoms with E-state index < -0.39 is 43.2 Å². The summed E-state index contributed by atoms with van der Waals surface area (Å²) in [6, 6.07) is 0. The Labute approximate surface area is 100 Å². The van der Waals surface area contributed by atoms with E-state index in [1.54, 1.807) is 0 Å². The molecule has 0 aliphatic carbocycles. The number of hydrogen-bond acceptors (Lipinski definition) is 6. The number of carbonyl (C=O) groups excluding carboxylic acids is 1. The second kappa shape index (κ2) is 5.89. The SMILES string of the molecule is O=C(CBr)N[C@@H]1O[C@H](CO)[C@@H](O)[C@H](O)[C@@H]1O. The van der Waals surface area contributed by atoms with Gasteiger partial charge in [0.15, 0.2) is 6.23 Å². The van der Waals surface area contributed by atoms with Gasteiger partial charge < -0.3 is 30.5 Å². The minimum Gasteiger partial charge on any atom is -0.394 e. The van der Waals surface area contributed by atoms with E-state index in [-0.39, 0.29) is 5.33 Å². The lowest BCUT2D eigenvalue weighted by Crippen LogP contribution is -2.63. The summed E-state index contributed by atoms with van der Waals surface area (Å²) < 4.78 is 5.04. The summed E-state index contributed by atoms with van der Waals surface area (Å²) in [5.41, 5.74) is 0. The molecule has 5 N–H and O–H groups in total. The van der Waals surface area contributed by atoms with Crippen LogP contribution >= 0.6 is 15.9 Å². The zero-order valence-corrected chi connectivity index (χ0v) is 9.87. The highest BCUT2D eigenvalue weighted by Gasteiger charge is 2.43. The van der Waals surface area contributed by atoms with Crippen molar-refractivity contribution < 1.29 is 30.0 Å². The standard InChI is InChI=1S/C8H14BrNO6/c9-1-4(12)10-8-7(15)6(14)5(13)3(2-11)16-8/h3,5-8,11,13-15H,1-2H2,(H,10,12)/t3-,5-,6+,7+,8-/m1/s1. The number of amides is 1. The Hall–Kier alpha value is -0.250. The summed E-state index contributed by atoms with van der Waals surface area (Å²) in [4.78, 5) is 11.1. The maximum absolute atomic E-state index is 11.1. The third-order valence-corrected chi connectivity index (χ3v) is 2.83. The monoisotopic (exact) mass is 299 g/mol. The molecule has 5 atom stereocenters. The van der Waals surface area contributed by atoms with Crippen molar-refractivity contribution >= 4 is 21.8 Å². The Morgan fingerprint density at radius 1 is 1.25 bits per heavy atom. The molecule has 0 unspecified atom stereocenters. The average Bonchev–Trinajstić information content (AvgIpc) is 2.29. The minimum atomic E-state index is -1.48. The Morgan fingerprint density at radius 2 is 1.88 bits per heavy atom. The Kier molecular flexibility index (Phi) is 5.09. The van der Waals surface area contributed by atoms with Crippen LogP contribution in [0, 0.1) is 0 Å². The van der Waals surface area contributed by atoms with E-state index in [0.29, 0.717) is 0 Å². The maximum atomic E-state index is 11.1. The first-order valence-corrected chi connectivity index (χ1v) is 5.79. The summed E-state index contributed by atoms with van der Waals surface area (Å²) in [6.07, 6.45) is -6.51. The summed E-state index contributed by atoms with van der Waals surface area (Å²) in [7, 11) is 0. The Bertz CT molecular complexity index is 251. The lowest BCUT2D eigenvalue weighted by Gasteiger charge is -2.40. The van der Waals surface area contributed by atoms with Gasteiger partial charge in [0.2, 0.25) is 5.91 Å². The van der Waals surface area contributed by atoms with Gasteiger partial charge in [-0.3, -0.25) is 4.79 Å². The molecule has 94 valence electrons. The van der Waals surface area contributed by atoms with Crippen LogP contribution in [-0.4, -0.2) is 68.9 Å². The fourth-order valence-corrected chi connectivity index (χ4v) is 1.58. The molecule has 0 bridgehead atoms. The molecule has 0 radical (unpaired) electrons. The molecule has 0 aromatic carbocycles. The smallest absolute Gasteiger partial charge is 0.232 e. The molecule has 1 rings (SSSR count). The number of aliphatic hydroxyl groups excluding tert-OH is 4. The van der Waals surface area contributed by atoms with E-state index >= 15 is 0 Å². The van der Waals surface area contributed by atoms with Gasteiger partial charge in [0.1, 0.15) is 24.4 Å². The van der Waals surface area contributed by atoms with Gasteiger partial charge in [0.25, 0.3) is 0 Å². The predicted octanol–water partition coefficient (Wildman–Crippen LogP) is -2.70. The summed E-state index contributed by atoms with van der Waals surface area (Å²) in [6.45, 7) is -0.522. The van der Waals surface area contributed by atoms with Crippen LogP contribution in [0.2, 0.25) is 0 Å². The molecule has 1 aliphatic heterocycles. The van der Waals surface area contributed by atoms with Gasteiger partial charge in [0.05, 0.1) is 11.9 Å². The van der Waals surface area contributed by atoms with E-state index in [1.165, 1.54) is 0 Å². The summed E-state index contributed by atoms with van der Waals surface area (Å²) >= 11 is 2.91. The molecule has 1 amide bonds. The molecular weight excluding hydrogens is 286 g/mol. The summed E-state index contributed by atoms with van der Waals surface area (Å²) in [5.74, 6) is -0.440. The van der Waals surface area contributed by atoms with Crippen LogP contribution in [-0.2, 0) is 9.53 Å². The van der Waals surface area contributed by atoms with E-state index in [9.17, 15) is 20.1 Å². The Morgan fingerprint density at radius 3 is 2.38 bits per heavy atom. The quantitative estimate of drug-likeness (QED) is 0.362. The molecule has 0 aromatic heterocycles. The molecule has 1 fully saturated rings. The number of hydrogen-bond donors (Lipinski definition) is 5. The van der Waals surface area contributed by atoms with Gasteiger partial charge in [-0.15, -0.1) is 0 Å². The normalized spacial score (nSPS) is 39.4. The number of rotatable bonds is 3. The van der Waals surface area contributed by atoms with Crippen LogP contribution in [0.15, 0.2) is 0 Å². The van der Waals surface area contributed by atoms with Crippen LogP contribution in [0.1, 0.15) is 0 Å². The van der Waals surface area contributed by atoms with Crippen molar-refractivity contribution in [2.45, 2.75) is 30.6 Å². The molecule has 0 saturated carbocycles. The predicted molar refractivity (Wildman–Crippen MR) is 55.7 cm³/mol. The second-order valence-electron chi connectivity index (χ2n) is 3.45.